The van der Waals surface area contributed by atoms with Crippen molar-refractivity contribution in [2.75, 3.05) is 25.0 Å². The van der Waals surface area contributed by atoms with Crippen molar-refractivity contribution in [2.45, 2.75) is 26.3 Å². The number of benzene rings is 1. The summed E-state index contributed by atoms with van der Waals surface area (Å²) in [6.07, 6.45) is 1.26. The van der Waals surface area contributed by atoms with E-state index in [2.05, 4.69) is 55.4 Å². The molecule has 1 aromatic carbocycles. The molecule has 1 fully saturated rings. The van der Waals surface area contributed by atoms with Crippen LogP contribution in [0.2, 0.25) is 0 Å². The van der Waals surface area contributed by atoms with Gasteiger partial charge >= 0.3 is 0 Å². The minimum absolute atomic E-state index is 0.645. The smallest absolute Gasteiger partial charge is 0.0451 e. The maximum absolute atomic E-state index is 3.50. The van der Waals surface area contributed by atoms with E-state index in [0.717, 1.165) is 19.0 Å². The highest BCUT2D eigenvalue weighted by molar-refractivity contribution is 5.49. The number of hydrogen-bond donors (Lipinski definition) is 1. The molecule has 1 saturated heterocycles. The van der Waals surface area contributed by atoms with Crippen molar-refractivity contribution >= 4 is 5.69 Å². The van der Waals surface area contributed by atoms with E-state index in [1.54, 1.807) is 0 Å². The molecule has 2 rings (SSSR count). The molecule has 0 bridgehead atoms. The average Bonchev–Trinajstić information content (AvgIpc) is 2.76. The van der Waals surface area contributed by atoms with E-state index in [1.807, 2.05) is 0 Å². The Bertz CT molecular complexity index is 348. The Morgan fingerprint density at radius 3 is 2.88 bits per heavy atom. The van der Waals surface area contributed by atoms with Gasteiger partial charge in [0.15, 0.2) is 0 Å². The van der Waals surface area contributed by atoms with E-state index in [-0.39, 0.29) is 0 Å². The average molecular weight is 218 g/mol. The molecule has 1 heterocycles. The number of hydrogen-bond acceptors (Lipinski definition) is 2. The number of nitrogens with zero attached hydrogens (tertiary/aromatic N) is 1. The quantitative estimate of drug-likeness (QED) is 0.838. The lowest BCUT2D eigenvalue weighted by Gasteiger charge is -2.30. The summed E-state index contributed by atoms with van der Waals surface area (Å²) < 4.78 is 0. The summed E-state index contributed by atoms with van der Waals surface area (Å²) in [5.41, 5.74) is 2.68. The summed E-state index contributed by atoms with van der Waals surface area (Å²) in [6, 6.07) is 9.42. The van der Waals surface area contributed by atoms with Crippen molar-refractivity contribution < 1.29 is 0 Å². The maximum Gasteiger partial charge on any atom is 0.0451 e. The Kier molecular flexibility index (Phi) is 3.49. The van der Waals surface area contributed by atoms with Crippen LogP contribution in [0.1, 0.15) is 18.9 Å². The summed E-state index contributed by atoms with van der Waals surface area (Å²) in [5, 5.41) is 3.50. The molecule has 1 aliphatic rings. The lowest BCUT2D eigenvalue weighted by atomic mass is 9.99. The fourth-order valence-electron chi connectivity index (χ4n) is 2.63. The molecule has 0 saturated carbocycles. The zero-order valence-corrected chi connectivity index (χ0v) is 10.5. The minimum Gasteiger partial charge on any atom is -0.370 e. The van der Waals surface area contributed by atoms with Crippen molar-refractivity contribution in [3.05, 3.63) is 29.8 Å². The fraction of sp³-hybridized carbons (Fsp3) is 0.571. The summed E-state index contributed by atoms with van der Waals surface area (Å²) in [5.74, 6) is 0.783. The third-order valence-corrected chi connectivity index (χ3v) is 3.73. The fourth-order valence-corrected chi connectivity index (χ4v) is 2.63. The van der Waals surface area contributed by atoms with E-state index in [4.69, 9.17) is 0 Å². The molecule has 16 heavy (non-hydrogen) atoms. The van der Waals surface area contributed by atoms with Crippen LogP contribution in [0.15, 0.2) is 24.3 Å². The summed E-state index contributed by atoms with van der Waals surface area (Å²) in [7, 11) is 2.22. The lowest BCUT2D eigenvalue weighted by molar-refractivity contribution is 0.482. The Labute approximate surface area is 98.7 Å². The summed E-state index contributed by atoms with van der Waals surface area (Å²) >= 11 is 0. The van der Waals surface area contributed by atoms with Crippen LogP contribution >= 0.6 is 0 Å². The predicted molar refractivity (Wildman–Crippen MR) is 70.0 cm³/mol. The first-order valence-electron chi connectivity index (χ1n) is 6.22. The number of likely N-dealkylation sites (N-methyl/N-ethyl adjacent to an activating group) is 1. The van der Waals surface area contributed by atoms with Crippen LogP contribution in [0.5, 0.6) is 0 Å². The molecule has 1 aliphatic heterocycles. The van der Waals surface area contributed by atoms with Gasteiger partial charge in [-0.05, 0) is 30.5 Å². The molecule has 2 unspecified atom stereocenters. The monoisotopic (exact) mass is 218 g/mol. The van der Waals surface area contributed by atoms with Crippen LogP contribution in [0.25, 0.3) is 0 Å². The molecule has 0 spiro atoms. The SMILES string of the molecule is CCC1CNCC1N(C)c1cccc(C)c1. The Morgan fingerprint density at radius 2 is 2.19 bits per heavy atom. The molecule has 1 N–H and O–H groups in total. The third kappa shape index (κ3) is 2.22. The van der Waals surface area contributed by atoms with Crippen molar-refractivity contribution in [3.63, 3.8) is 0 Å². The first kappa shape index (κ1) is 11.5. The van der Waals surface area contributed by atoms with Gasteiger partial charge in [-0.3, -0.25) is 0 Å². The highest BCUT2D eigenvalue weighted by Gasteiger charge is 2.28. The van der Waals surface area contributed by atoms with Gasteiger partial charge in [0.05, 0.1) is 0 Å². The molecular weight excluding hydrogens is 196 g/mol. The van der Waals surface area contributed by atoms with Crippen LogP contribution in [0.4, 0.5) is 5.69 Å². The predicted octanol–water partition coefficient (Wildman–Crippen LogP) is 2.43. The Morgan fingerprint density at radius 1 is 1.38 bits per heavy atom. The minimum atomic E-state index is 0.645. The molecule has 2 nitrogen and oxygen atoms in total. The second-order valence-corrected chi connectivity index (χ2v) is 4.84. The van der Waals surface area contributed by atoms with E-state index in [9.17, 15) is 0 Å². The van der Waals surface area contributed by atoms with Crippen molar-refractivity contribution in [2.24, 2.45) is 5.92 Å². The Balaban J connectivity index is 2.15. The van der Waals surface area contributed by atoms with Gasteiger partial charge in [0, 0.05) is 31.9 Å². The normalized spacial score (nSPS) is 24.7. The topological polar surface area (TPSA) is 15.3 Å². The zero-order chi connectivity index (χ0) is 11.5. The van der Waals surface area contributed by atoms with Crippen LogP contribution in [0.3, 0.4) is 0 Å². The molecule has 2 atom stereocenters. The molecule has 88 valence electrons. The molecular formula is C14H22N2. The molecule has 0 aliphatic carbocycles. The van der Waals surface area contributed by atoms with Gasteiger partial charge in [-0.15, -0.1) is 0 Å². The zero-order valence-electron chi connectivity index (χ0n) is 10.5. The van der Waals surface area contributed by atoms with Gasteiger partial charge in [0.25, 0.3) is 0 Å². The van der Waals surface area contributed by atoms with E-state index < -0.39 is 0 Å². The van der Waals surface area contributed by atoms with Gasteiger partial charge in [0.2, 0.25) is 0 Å². The Hall–Kier alpha value is -1.02. The molecule has 0 radical (unpaired) electrons. The number of anilines is 1. The van der Waals surface area contributed by atoms with Crippen LogP contribution in [-0.4, -0.2) is 26.2 Å². The lowest BCUT2D eigenvalue weighted by Crippen LogP contribution is -2.37. The number of nitrogens with one attached hydrogen (secondary N) is 1. The second-order valence-electron chi connectivity index (χ2n) is 4.84. The van der Waals surface area contributed by atoms with Gasteiger partial charge in [0.1, 0.15) is 0 Å². The third-order valence-electron chi connectivity index (χ3n) is 3.73. The first-order valence-corrected chi connectivity index (χ1v) is 6.22. The molecule has 2 heteroatoms. The first-order chi connectivity index (χ1) is 7.72. The highest BCUT2D eigenvalue weighted by atomic mass is 15.2. The van der Waals surface area contributed by atoms with Crippen LogP contribution in [-0.2, 0) is 0 Å². The van der Waals surface area contributed by atoms with Gasteiger partial charge in [-0.1, -0.05) is 25.5 Å². The molecule has 0 amide bonds. The van der Waals surface area contributed by atoms with E-state index in [1.165, 1.54) is 17.7 Å². The molecule has 0 aromatic heterocycles. The van der Waals surface area contributed by atoms with Crippen LogP contribution in [0, 0.1) is 12.8 Å². The van der Waals surface area contributed by atoms with Gasteiger partial charge < -0.3 is 10.2 Å². The van der Waals surface area contributed by atoms with Gasteiger partial charge in [-0.25, -0.2) is 0 Å². The number of rotatable bonds is 3. The highest BCUT2D eigenvalue weighted by Crippen LogP contribution is 2.24. The van der Waals surface area contributed by atoms with Crippen molar-refractivity contribution in [3.8, 4) is 0 Å². The summed E-state index contributed by atoms with van der Waals surface area (Å²) in [4.78, 5) is 2.43. The van der Waals surface area contributed by atoms with E-state index in [0.29, 0.717) is 6.04 Å². The maximum atomic E-state index is 3.50. The van der Waals surface area contributed by atoms with Gasteiger partial charge in [-0.2, -0.15) is 0 Å². The summed E-state index contributed by atoms with van der Waals surface area (Å²) in [6.45, 7) is 6.72. The van der Waals surface area contributed by atoms with E-state index >= 15 is 0 Å². The second kappa shape index (κ2) is 4.88. The standard InChI is InChI=1S/C14H22N2/c1-4-12-9-15-10-14(12)16(3)13-7-5-6-11(2)8-13/h5-8,12,14-15H,4,9-10H2,1-3H3. The molecule has 1 aromatic rings. The van der Waals surface area contributed by atoms with Crippen molar-refractivity contribution in [1.82, 2.24) is 5.32 Å². The van der Waals surface area contributed by atoms with Crippen LogP contribution < -0.4 is 10.2 Å². The number of aryl methyl sites for hydroxylation is 1. The van der Waals surface area contributed by atoms with Crippen molar-refractivity contribution in [1.29, 1.82) is 0 Å². The largest absolute Gasteiger partial charge is 0.370 e.